The van der Waals surface area contributed by atoms with E-state index in [1.807, 2.05) is 0 Å². The van der Waals surface area contributed by atoms with E-state index in [1.165, 1.54) is 24.3 Å². The van der Waals surface area contributed by atoms with E-state index in [0.717, 1.165) is 0 Å². The molecule has 0 saturated carbocycles. The topological polar surface area (TPSA) is 101 Å². The minimum atomic E-state index is -2.98. The Hall–Kier alpha value is -2.55. The summed E-state index contributed by atoms with van der Waals surface area (Å²) in [7, 11) is -2.98. The van der Waals surface area contributed by atoms with Crippen LogP contribution in [0.4, 0.5) is 15.9 Å². The van der Waals surface area contributed by atoms with Gasteiger partial charge in [-0.1, -0.05) is 6.07 Å². The Morgan fingerprint density at radius 3 is 2.67 bits per heavy atom. The number of amides is 1. The molecule has 1 aromatic carbocycles. The number of benzene rings is 1. The van der Waals surface area contributed by atoms with Crippen molar-refractivity contribution < 1.29 is 17.6 Å². The summed E-state index contributed by atoms with van der Waals surface area (Å²) in [6.45, 7) is 0. The smallest absolute Gasteiger partial charge is 0.276 e. The van der Waals surface area contributed by atoms with Gasteiger partial charge in [-0.25, -0.2) is 12.8 Å². The summed E-state index contributed by atoms with van der Waals surface area (Å²) in [5.74, 6) is -0.338. The van der Waals surface area contributed by atoms with Crippen LogP contribution in [0.25, 0.3) is 0 Å². The van der Waals surface area contributed by atoms with Crippen LogP contribution in [-0.2, 0) is 9.84 Å². The molecular formula is C15H15FN4O3S. The number of carbonyl (C=O) groups is 1. The lowest BCUT2D eigenvalue weighted by molar-refractivity contribution is 0.102. The maximum Gasteiger partial charge on any atom is 0.276 e. The fourth-order valence-electron chi connectivity index (χ4n) is 2.41. The summed E-state index contributed by atoms with van der Waals surface area (Å²) in [4.78, 5) is 12.0. The molecule has 0 aliphatic carbocycles. The van der Waals surface area contributed by atoms with Crippen molar-refractivity contribution in [1.29, 1.82) is 0 Å². The second kappa shape index (κ2) is 6.52. The van der Waals surface area contributed by atoms with E-state index in [-0.39, 0.29) is 23.2 Å². The van der Waals surface area contributed by atoms with E-state index in [9.17, 15) is 17.6 Å². The van der Waals surface area contributed by atoms with Crippen LogP contribution in [0.3, 0.4) is 0 Å². The molecule has 1 aliphatic heterocycles. The fraction of sp³-hybridized carbons (Fsp3) is 0.267. The molecule has 2 N–H and O–H groups in total. The van der Waals surface area contributed by atoms with Gasteiger partial charge in [0.2, 0.25) is 0 Å². The Morgan fingerprint density at radius 1 is 1.21 bits per heavy atom. The van der Waals surface area contributed by atoms with Gasteiger partial charge in [-0.3, -0.25) is 4.79 Å². The van der Waals surface area contributed by atoms with Crippen LogP contribution >= 0.6 is 0 Å². The number of hydrogen-bond donors (Lipinski definition) is 2. The summed E-state index contributed by atoms with van der Waals surface area (Å²) in [5.41, 5.74) is 0.393. The zero-order chi connectivity index (χ0) is 17.2. The third-order valence-electron chi connectivity index (χ3n) is 3.56. The Labute approximate surface area is 138 Å². The molecule has 1 atom stereocenters. The quantitative estimate of drug-likeness (QED) is 0.866. The van der Waals surface area contributed by atoms with Crippen molar-refractivity contribution >= 4 is 27.2 Å². The molecule has 0 spiro atoms. The molecule has 9 heteroatoms. The number of hydrogen-bond acceptors (Lipinski definition) is 6. The second-order valence-corrected chi connectivity index (χ2v) is 7.74. The van der Waals surface area contributed by atoms with Crippen molar-refractivity contribution in [3.8, 4) is 0 Å². The number of nitrogens with one attached hydrogen (secondary N) is 2. The highest BCUT2D eigenvalue weighted by atomic mass is 32.2. The zero-order valence-electron chi connectivity index (χ0n) is 12.6. The number of carbonyl (C=O) groups excluding carboxylic acids is 1. The molecule has 24 heavy (non-hydrogen) atoms. The van der Waals surface area contributed by atoms with E-state index in [0.29, 0.717) is 17.9 Å². The minimum Gasteiger partial charge on any atom is -0.365 e. The molecule has 1 unspecified atom stereocenters. The van der Waals surface area contributed by atoms with Crippen LogP contribution in [0, 0.1) is 5.82 Å². The largest absolute Gasteiger partial charge is 0.365 e. The van der Waals surface area contributed by atoms with Crippen LogP contribution in [-0.4, -0.2) is 42.1 Å². The van der Waals surface area contributed by atoms with Crippen molar-refractivity contribution in [3.05, 3.63) is 47.9 Å². The fourth-order valence-corrected chi connectivity index (χ4v) is 4.08. The normalized spacial score (nSPS) is 19.0. The highest BCUT2D eigenvalue weighted by molar-refractivity contribution is 7.91. The number of halogens is 1. The first-order valence-electron chi connectivity index (χ1n) is 7.29. The van der Waals surface area contributed by atoms with E-state index in [1.54, 1.807) is 12.1 Å². The zero-order valence-corrected chi connectivity index (χ0v) is 13.4. The third kappa shape index (κ3) is 4.05. The van der Waals surface area contributed by atoms with Gasteiger partial charge >= 0.3 is 0 Å². The van der Waals surface area contributed by atoms with Crippen molar-refractivity contribution in [1.82, 2.24) is 10.2 Å². The Balaban J connectivity index is 1.62. The molecule has 0 bridgehead atoms. The highest BCUT2D eigenvalue weighted by Crippen LogP contribution is 2.16. The average molecular weight is 350 g/mol. The van der Waals surface area contributed by atoms with Crippen molar-refractivity contribution in [3.63, 3.8) is 0 Å². The van der Waals surface area contributed by atoms with E-state index < -0.39 is 21.6 Å². The molecule has 0 radical (unpaired) electrons. The Bertz CT molecular complexity index is 855. The van der Waals surface area contributed by atoms with Crippen molar-refractivity contribution in [2.45, 2.75) is 12.5 Å². The first-order chi connectivity index (χ1) is 11.4. The molecule has 1 amide bonds. The molecule has 2 aromatic rings. The van der Waals surface area contributed by atoms with Crippen molar-refractivity contribution in [2.24, 2.45) is 0 Å². The molecular weight excluding hydrogens is 335 g/mol. The summed E-state index contributed by atoms with van der Waals surface area (Å²) < 4.78 is 35.9. The number of nitrogens with zero attached hydrogens (tertiary/aromatic N) is 2. The average Bonchev–Trinajstić information content (AvgIpc) is 2.87. The summed E-state index contributed by atoms with van der Waals surface area (Å²) in [6, 6.07) is 8.34. The molecule has 1 aliphatic rings. The monoisotopic (exact) mass is 350 g/mol. The SMILES string of the molecule is O=C(Nc1cccc(F)c1)c1ccc(NC2CCS(=O)(=O)C2)nn1. The first-order valence-corrected chi connectivity index (χ1v) is 9.11. The van der Waals surface area contributed by atoms with Gasteiger partial charge in [-0.15, -0.1) is 10.2 Å². The van der Waals surface area contributed by atoms with Crippen LogP contribution in [0.1, 0.15) is 16.9 Å². The standard InChI is InChI=1S/C15H15FN4O3S/c16-10-2-1-3-11(8-10)18-15(21)13-4-5-14(20-19-13)17-12-6-7-24(22,23)9-12/h1-5,8,12H,6-7,9H2,(H,17,20)(H,18,21). The van der Waals surface area contributed by atoms with Gasteiger partial charge in [0, 0.05) is 11.7 Å². The summed E-state index contributed by atoms with van der Waals surface area (Å²) in [6.07, 6.45) is 0.520. The molecule has 1 aromatic heterocycles. The predicted molar refractivity (Wildman–Crippen MR) is 87.1 cm³/mol. The lowest BCUT2D eigenvalue weighted by atomic mass is 10.2. The molecule has 7 nitrogen and oxygen atoms in total. The number of sulfone groups is 1. The summed E-state index contributed by atoms with van der Waals surface area (Å²) >= 11 is 0. The van der Waals surface area contributed by atoms with Crippen LogP contribution in [0.5, 0.6) is 0 Å². The van der Waals surface area contributed by atoms with E-state index in [4.69, 9.17) is 0 Å². The van der Waals surface area contributed by atoms with E-state index >= 15 is 0 Å². The van der Waals surface area contributed by atoms with Crippen LogP contribution in [0.2, 0.25) is 0 Å². The molecule has 1 saturated heterocycles. The Morgan fingerprint density at radius 2 is 2.04 bits per heavy atom. The minimum absolute atomic E-state index is 0.0660. The van der Waals surface area contributed by atoms with Gasteiger partial charge in [0.1, 0.15) is 11.6 Å². The van der Waals surface area contributed by atoms with Crippen molar-refractivity contribution in [2.75, 3.05) is 22.1 Å². The van der Waals surface area contributed by atoms with Crippen LogP contribution < -0.4 is 10.6 Å². The molecule has 1 fully saturated rings. The van der Waals surface area contributed by atoms with Crippen LogP contribution in [0.15, 0.2) is 36.4 Å². The summed E-state index contributed by atoms with van der Waals surface area (Å²) in [5, 5.41) is 13.2. The number of anilines is 2. The third-order valence-corrected chi connectivity index (χ3v) is 5.33. The number of aromatic nitrogens is 2. The first kappa shape index (κ1) is 16.3. The molecule has 2 heterocycles. The van der Waals surface area contributed by atoms with Gasteiger partial charge in [0.25, 0.3) is 5.91 Å². The van der Waals surface area contributed by atoms with Gasteiger partial charge < -0.3 is 10.6 Å². The second-order valence-electron chi connectivity index (χ2n) is 5.51. The number of rotatable bonds is 4. The van der Waals surface area contributed by atoms with Gasteiger partial charge in [0.15, 0.2) is 15.5 Å². The van der Waals surface area contributed by atoms with Gasteiger partial charge in [-0.2, -0.15) is 0 Å². The maximum absolute atomic E-state index is 13.1. The lowest BCUT2D eigenvalue weighted by Gasteiger charge is -2.11. The predicted octanol–water partition coefficient (Wildman–Crippen LogP) is 1.47. The van der Waals surface area contributed by atoms with E-state index in [2.05, 4.69) is 20.8 Å². The van der Waals surface area contributed by atoms with Gasteiger partial charge in [0.05, 0.1) is 11.5 Å². The highest BCUT2D eigenvalue weighted by Gasteiger charge is 2.28. The lowest BCUT2D eigenvalue weighted by Crippen LogP contribution is -2.22. The Kier molecular flexibility index (Phi) is 4.43. The maximum atomic E-state index is 13.1. The molecule has 3 rings (SSSR count). The molecule has 126 valence electrons. The van der Waals surface area contributed by atoms with Gasteiger partial charge in [-0.05, 0) is 36.8 Å².